The Balaban J connectivity index is 1.87. The van der Waals surface area contributed by atoms with Crippen LogP contribution in [0.3, 0.4) is 0 Å². The van der Waals surface area contributed by atoms with E-state index < -0.39 is 105 Å². The van der Waals surface area contributed by atoms with Gasteiger partial charge in [0.2, 0.25) is 0 Å². The number of carbonyl (C=O) groups is 1. The molecule has 14 atom stereocenters. The first-order chi connectivity index (χ1) is 16.0. The maximum Gasteiger partial charge on any atom is 0.335 e. The molecule has 0 aromatic rings. The van der Waals surface area contributed by atoms with Crippen molar-refractivity contribution in [2.75, 3.05) is 20.3 Å². The first-order valence-corrected chi connectivity index (χ1v) is 10.4. The predicted molar refractivity (Wildman–Crippen MR) is 101 cm³/mol. The lowest BCUT2D eigenvalue weighted by molar-refractivity contribution is -0.382. The van der Waals surface area contributed by atoms with E-state index in [1.807, 2.05) is 0 Å². The standard InChI is InChI=1S/C18H30O16/c1-29-18-14(34-17-10(25)8(23)7(22)5(2-19)31-17)12(11(26)13(33-18)15(27)28)32-16-9(24)6(21)4(20)3-30-16/h4-14,16-26H,2-3H2,1H3,(H,27,28)/t4-,5?,6+,7+,8+,9?,10?,11+,12+,13?,14?,16+,17+,18-/m1/s1. The summed E-state index contributed by atoms with van der Waals surface area (Å²) < 4.78 is 31.9. The van der Waals surface area contributed by atoms with Crippen LogP contribution < -0.4 is 0 Å². The van der Waals surface area contributed by atoms with Crippen molar-refractivity contribution in [1.82, 2.24) is 0 Å². The number of ether oxygens (including phenoxy) is 6. The first-order valence-electron chi connectivity index (χ1n) is 10.4. The quantitative estimate of drug-likeness (QED) is 0.157. The fraction of sp³-hybridized carbons (Fsp3) is 0.944. The third-order valence-corrected chi connectivity index (χ3v) is 5.88. The Kier molecular flexibility index (Phi) is 9.15. The van der Waals surface area contributed by atoms with Crippen molar-refractivity contribution in [2.24, 2.45) is 0 Å². The fourth-order valence-corrected chi connectivity index (χ4v) is 3.91. The van der Waals surface area contributed by atoms with Crippen LogP contribution in [0, 0.1) is 0 Å². The molecule has 3 fully saturated rings. The highest BCUT2D eigenvalue weighted by Crippen LogP contribution is 2.32. The summed E-state index contributed by atoms with van der Waals surface area (Å²) in [4.78, 5) is 11.6. The van der Waals surface area contributed by atoms with Gasteiger partial charge in [-0.1, -0.05) is 0 Å². The van der Waals surface area contributed by atoms with E-state index in [9.17, 15) is 50.8 Å². The molecule has 3 aliphatic rings. The Morgan fingerprint density at radius 2 is 1.41 bits per heavy atom. The van der Waals surface area contributed by atoms with Crippen LogP contribution in [0.2, 0.25) is 0 Å². The van der Waals surface area contributed by atoms with Crippen molar-refractivity contribution in [2.45, 2.75) is 86.0 Å². The minimum Gasteiger partial charge on any atom is -0.479 e. The molecule has 5 unspecified atom stereocenters. The second-order valence-corrected chi connectivity index (χ2v) is 8.14. The van der Waals surface area contributed by atoms with Gasteiger partial charge in [0.1, 0.15) is 61.0 Å². The topological polar surface area (TPSA) is 255 Å². The molecule has 0 aliphatic carbocycles. The molecule has 0 radical (unpaired) electrons. The SMILES string of the molecule is CO[C@@H]1OC(C(=O)O)[C@@H](O)[C@H](O[C@@H]2OC[C@@H](O)[C@H](O)C2O)C1O[C@@H]1OC(CO)[C@H](O)[C@H](O)C1O. The van der Waals surface area contributed by atoms with E-state index >= 15 is 0 Å². The van der Waals surface area contributed by atoms with Crippen molar-refractivity contribution in [3.8, 4) is 0 Å². The van der Waals surface area contributed by atoms with E-state index in [2.05, 4.69) is 0 Å². The number of aliphatic hydroxyl groups excluding tert-OH is 8. The van der Waals surface area contributed by atoms with Crippen LogP contribution in [0.25, 0.3) is 0 Å². The van der Waals surface area contributed by atoms with Gasteiger partial charge >= 0.3 is 5.97 Å². The number of hydrogen-bond donors (Lipinski definition) is 9. The largest absolute Gasteiger partial charge is 0.479 e. The van der Waals surface area contributed by atoms with Crippen molar-refractivity contribution in [3.63, 3.8) is 0 Å². The maximum atomic E-state index is 11.6. The van der Waals surface area contributed by atoms with Crippen molar-refractivity contribution >= 4 is 5.97 Å². The van der Waals surface area contributed by atoms with Crippen LogP contribution in [0.4, 0.5) is 0 Å². The molecule has 0 aromatic heterocycles. The van der Waals surface area contributed by atoms with Gasteiger partial charge in [-0.05, 0) is 0 Å². The summed E-state index contributed by atoms with van der Waals surface area (Å²) in [6.07, 6.45) is -23.8. The van der Waals surface area contributed by atoms with Gasteiger partial charge in [0.25, 0.3) is 0 Å². The molecule has 9 N–H and O–H groups in total. The van der Waals surface area contributed by atoms with E-state index in [4.69, 9.17) is 28.4 Å². The number of aliphatic carboxylic acids is 1. The molecule has 16 heteroatoms. The van der Waals surface area contributed by atoms with Gasteiger partial charge in [0.15, 0.2) is 25.0 Å². The van der Waals surface area contributed by atoms with Crippen molar-refractivity contribution < 1.29 is 79.2 Å². The predicted octanol–water partition coefficient (Wildman–Crippen LogP) is -6.19. The number of methoxy groups -OCH3 is 1. The van der Waals surface area contributed by atoms with E-state index in [-0.39, 0.29) is 0 Å². The average molecular weight is 502 g/mol. The Morgan fingerprint density at radius 1 is 0.794 bits per heavy atom. The lowest BCUT2D eigenvalue weighted by atomic mass is 9.96. The van der Waals surface area contributed by atoms with Crippen LogP contribution in [-0.4, -0.2) is 158 Å². The zero-order valence-corrected chi connectivity index (χ0v) is 17.9. The maximum absolute atomic E-state index is 11.6. The van der Waals surface area contributed by atoms with Crippen LogP contribution in [-0.2, 0) is 33.2 Å². The molecule has 3 saturated heterocycles. The molecular formula is C18H30O16. The summed E-state index contributed by atoms with van der Waals surface area (Å²) in [7, 11) is 1.11. The molecule has 34 heavy (non-hydrogen) atoms. The van der Waals surface area contributed by atoms with E-state index in [1.165, 1.54) is 0 Å². The highest BCUT2D eigenvalue weighted by atomic mass is 16.8. The van der Waals surface area contributed by atoms with E-state index in [1.54, 1.807) is 0 Å². The Hall–Kier alpha value is -1.09. The Morgan fingerprint density at radius 3 is 2.00 bits per heavy atom. The van der Waals surface area contributed by atoms with Gasteiger partial charge in [0.05, 0.1) is 13.2 Å². The molecular weight excluding hydrogens is 472 g/mol. The zero-order chi connectivity index (χ0) is 25.3. The molecule has 16 nitrogen and oxygen atoms in total. The molecule has 0 bridgehead atoms. The summed E-state index contributed by atoms with van der Waals surface area (Å²) >= 11 is 0. The molecule has 0 spiro atoms. The van der Waals surface area contributed by atoms with E-state index in [0.29, 0.717) is 0 Å². The van der Waals surface area contributed by atoms with Crippen LogP contribution in [0.15, 0.2) is 0 Å². The van der Waals surface area contributed by atoms with Crippen LogP contribution in [0.1, 0.15) is 0 Å². The third kappa shape index (κ3) is 5.35. The van der Waals surface area contributed by atoms with Crippen LogP contribution in [0.5, 0.6) is 0 Å². The number of carboxylic acid groups (broad SMARTS) is 1. The smallest absolute Gasteiger partial charge is 0.335 e. The van der Waals surface area contributed by atoms with E-state index in [0.717, 1.165) is 7.11 Å². The summed E-state index contributed by atoms with van der Waals surface area (Å²) in [5.41, 5.74) is 0. The molecule has 3 aliphatic heterocycles. The van der Waals surface area contributed by atoms with Crippen molar-refractivity contribution in [3.05, 3.63) is 0 Å². The van der Waals surface area contributed by atoms with Gasteiger partial charge < -0.3 is 74.4 Å². The van der Waals surface area contributed by atoms with Gasteiger partial charge in [-0.15, -0.1) is 0 Å². The van der Waals surface area contributed by atoms with Crippen LogP contribution >= 0.6 is 0 Å². The molecule has 0 amide bonds. The van der Waals surface area contributed by atoms with Gasteiger partial charge in [-0.25, -0.2) is 4.79 Å². The van der Waals surface area contributed by atoms with Gasteiger partial charge in [-0.2, -0.15) is 0 Å². The number of hydrogen-bond acceptors (Lipinski definition) is 15. The first kappa shape index (κ1) is 27.5. The highest BCUT2D eigenvalue weighted by Gasteiger charge is 2.55. The van der Waals surface area contributed by atoms with Gasteiger partial charge in [-0.3, -0.25) is 0 Å². The number of carboxylic acids is 1. The highest BCUT2D eigenvalue weighted by molar-refractivity contribution is 5.73. The Labute approximate surface area is 192 Å². The second kappa shape index (κ2) is 11.3. The van der Waals surface area contributed by atoms with Gasteiger partial charge in [0, 0.05) is 7.11 Å². The lowest BCUT2D eigenvalue weighted by Crippen LogP contribution is -2.67. The minimum atomic E-state index is -1.97. The lowest BCUT2D eigenvalue weighted by Gasteiger charge is -2.47. The third-order valence-electron chi connectivity index (χ3n) is 5.88. The molecule has 3 rings (SSSR count). The molecule has 0 saturated carbocycles. The second-order valence-electron chi connectivity index (χ2n) is 8.14. The summed E-state index contributed by atoms with van der Waals surface area (Å²) in [6.45, 7) is -1.22. The number of rotatable bonds is 7. The minimum absolute atomic E-state index is 0.462. The Bertz CT molecular complexity index is 678. The molecule has 0 aromatic carbocycles. The average Bonchev–Trinajstić information content (AvgIpc) is 2.81. The summed E-state index contributed by atoms with van der Waals surface area (Å²) in [5.74, 6) is -1.60. The molecule has 3 heterocycles. The monoisotopic (exact) mass is 502 g/mol. The number of aliphatic hydroxyl groups is 8. The molecule has 198 valence electrons. The summed E-state index contributed by atoms with van der Waals surface area (Å²) in [5, 5.41) is 89.4. The summed E-state index contributed by atoms with van der Waals surface area (Å²) in [6, 6.07) is 0. The van der Waals surface area contributed by atoms with Crippen molar-refractivity contribution in [1.29, 1.82) is 0 Å². The fourth-order valence-electron chi connectivity index (χ4n) is 3.91. The normalized spacial score (nSPS) is 50.1. The zero-order valence-electron chi connectivity index (χ0n) is 17.9.